The van der Waals surface area contributed by atoms with Crippen LogP contribution in [0.1, 0.15) is 32.8 Å². The van der Waals surface area contributed by atoms with E-state index in [2.05, 4.69) is 25.7 Å². The van der Waals surface area contributed by atoms with Crippen molar-refractivity contribution in [2.75, 3.05) is 12.3 Å². The highest BCUT2D eigenvalue weighted by atomic mass is 19.1. The highest BCUT2D eigenvalue weighted by Gasteiger charge is 2.13. The smallest absolute Gasteiger partial charge is 0.150 e. The van der Waals surface area contributed by atoms with Crippen molar-refractivity contribution in [2.45, 2.75) is 39.8 Å². The molecular formula is C13H21FN2. The average molecular weight is 224 g/mol. The van der Waals surface area contributed by atoms with Gasteiger partial charge in [0.15, 0.2) is 5.82 Å². The Bertz CT molecular complexity index is 339. The first-order valence-corrected chi connectivity index (χ1v) is 5.87. The largest absolute Gasteiger partial charge is 0.396 e. The van der Waals surface area contributed by atoms with E-state index in [4.69, 9.17) is 5.73 Å². The topological polar surface area (TPSA) is 29.3 Å². The second kappa shape index (κ2) is 5.85. The van der Waals surface area contributed by atoms with Crippen LogP contribution in [0.25, 0.3) is 0 Å². The van der Waals surface area contributed by atoms with Gasteiger partial charge in [0.2, 0.25) is 0 Å². The van der Waals surface area contributed by atoms with Crippen molar-refractivity contribution in [1.29, 1.82) is 0 Å². The van der Waals surface area contributed by atoms with Crippen LogP contribution in [0.4, 0.5) is 10.1 Å². The molecule has 1 atom stereocenters. The second-order valence-electron chi connectivity index (χ2n) is 4.14. The first-order valence-electron chi connectivity index (χ1n) is 5.87. The van der Waals surface area contributed by atoms with Gasteiger partial charge in [0.1, 0.15) is 0 Å². The highest BCUT2D eigenvalue weighted by molar-refractivity contribution is 5.42. The fourth-order valence-electron chi connectivity index (χ4n) is 1.78. The predicted octanol–water partition coefficient (Wildman–Crippen LogP) is 3.03. The van der Waals surface area contributed by atoms with Crippen LogP contribution < -0.4 is 5.73 Å². The number of nitrogens with two attached hydrogens (primary N) is 1. The molecule has 90 valence electrons. The average Bonchev–Trinajstić information content (AvgIpc) is 2.30. The molecule has 2 N–H and O–H groups in total. The van der Waals surface area contributed by atoms with E-state index < -0.39 is 0 Å². The van der Waals surface area contributed by atoms with E-state index in [1.54, 1.807) is 18.2 Å². The Hall–Kier alpha value is -1.09. The molecule has 0 aromatic heterocycles. The van der Waals surface area contributed by atoms with Crippen molar-refractivity contribution >= 4 is 5.69 Å². The fourth-order valence-corrected chi connectivity index (χ4v) is 1.78. The minimum Gasteiger partial charge on any atom is -0.396 e. The standard InChI is InChI=1S/C13H21FN2/c1-4-10(3)16(5-2)9-11-7-6-8-12(15)13(11)14/h6-8,10H,4-5,9,15H2,1-3H3. The normalized spacial score (nSPS) is 13.1. The Morgan fingerprint density at radius 2 is 2.06 bits per heavy atom. The second-order valence-corrected chi connectivity index (χ2v) is 4.14. The number of hydrogen-bond donors (Lipinski definition) is 1. The molecule has 0 fully saturated rings. The summed E-state index contributed by atoms with van der Waals surface area (Å²) < 4.78 is 13.7. The number of anilines is 1. The van der Waals surface area contributed by atoms with Crippen LogP contribution in [0.15, 0.2) is 18.2 Å². The summed E-state index contributed by atoms with van der Waals surface area (Å²) in [6.45, 7) is 7.94. The summed E-state index contributed by atoms with van der Waals surface area (Å²) in [5, 5.41) is 0. The van der Waals surface area contributed by atoms with Crippen molar-refractivity contribution in [3.63, 3.8) is 0 Å². The van der Waals surface area contributed by atoms with Gasteiger partial charge in [-0.05, 0) is 26.0 Å². The fraction of sp³-hybridized carbons (Fsp3) is 0.538. The van der Waals surface area contributed by atoms with Crippen LogP contribution in [-0.4, -0.2) is 17.5 Å². The zero-order valence-electron chi connectivity index (χ0n) is 10.3. The molecule has 0 spiro atoms. The number of nitrogens with zero attached hydrogens (tertiary/aromatic N) is 1. The van der Waals surface area contributed by atoms with Crippen molar-refractivity contribution in [2.24, 2.45) is 0 Å². The quantitative estimate of drug-likeness (QED) is 0.779. The maximum Gasteiger partial charge on any atom is 0.150 e. The molecule has 1 aromatic carbocycles. The summed E-state index contributed by atoms with van der Waals surface area (Å²) >= 11 is 0. The molecule has 1 rings (SSSR count). The zero-order chi connectivity index (χ0) is 12.1. The molecular weight excluding hydrogens is 203 g/mol. The zero-order valence-corrected chi connectivity index (χ0v) is 10.3. The van der Waals surface area contributed by atoms with Crippen LogP contribution in [0, 0.1) is 5.82 Å². The van der Waals surface area contributed by atoms with Gasteiger partial charge in [0.05, 0.1) is 5.69 Å². The van der Waals surface area contributed by atoms with Crippen molar-refractivity contribution in [1.82, 2.24) is 4.90 Å². The van der Waals surface area contributed by atoms with Gasteiger partial charge >= 0.3 is 0 Å². The first kappa shape index (κ1) is 13.0. The Kier molecular flexibility index (Phi) is 4.74. The maximum absolute atomic E-state index is 13.7. The van der Waals surface area contributed by atoms with Gasteiger partial charge in [-0.25, -0.2) is 4.39 Å². The van der Waals surface area contributed by atoms with Crippen molar-refractivity contribution in [3.8, 4) is 0 Å². The monoisotopic (exact) mass is 224 g/mol. The highest BCUT2D eigenvalue weighted by Crippen LogP contribution is 2.18. The molecule has 3 heteroatoms. The molecule has 2 nitrogen and oxygen atoms in total. The van der Waals surface area contributed by atoms with E-state index >= 15 is 0 Å². The number of benzene rings is 1. The Morgan fingerprint density at radius 3 is 2.62 bits per heavy atom. The summed E-state index contributed by atoms with van der Waals surface area (Å²) in [5.74, 6) is -0.274. The Morgan fingerprint density at radius 1 is 1.38 bits per heavy atom. The number of rotatable bonds is 5. The van der Waals surface area contributed by atoms with Crippen LogP contribution in [0.5, 0.6) is 0 Å². The molecule has 0 bridgehead atoms. The van der Waals surface area contributed by atoms with Crippen molar-refractivity contribution in [3.05, 3.63) is 29.6 Å². The molecule has 0 heterocycles. The third-order valence-corrected chi connectivity index (χ3v) is 3.10. The molecule has 0 aliphatic rings. The molecule has 0 aliphatic heterocycles. The van der Waals surface area contributed by atoms with Crippen LogP contribution in [-0.2, 0) is 6.54 Å². The summed E-state index contributed by atoms with van der Waals surface area (Å²) in [7, 11) is 0. The molecule has 0 aliphatic carbocycles. The van der Waals surface area contributed by atoms with E-state index in [0.717, 1.165) is 13.0 Å². The molecule has 0 saturated heterocycles. The third-order valence-electron chi connectivity index (χ3n) is 3.10. The SMILES string of the molecule is CCC(C)N(CC)Cc1cccc(N)c1F. The summed E-state index contributed by atoms with van der Waals surface area (Å²) in [5.41, 5.74) is 6.47. The van der Waals surface area contributed by atoms with Gasteiger partial charge in [-0.3, -0.25) is 4.90 Å². The molecule has 0 amide bonds. The molecule has 1 aromatic rings. The first-order chi connectivity index (χ1) is 7.60. The minimum atomic E-state index is -0.274. The Labute approximate surface area is 97.3 Å². The molecule has 0 saturated carbocycles. The van der Waals surface area contributed by atoms with E-state index in [9.17, 15) is 4.39 Å². The minimum absolute atomic E-state index is 0.234. The van der Waals surface area contributed by atoms with E-state index in [0.29, 0.717) is 18.2 Å². The number of hydrogen-bond acceptors (Lipinski definition) is 2. The van der Waals surface area contributed by atoms with Gasteiger partial charge in [-0.1, -0.05) is 26.0 Å². The lowest BCUT2D eigenvalue weighted by Gasteiger charge is -2.27. The summed E-state index contributed by atoms with van der Waals surface area (Å²) in [4.78, 5) is 2.25. The van der Waals surface area contributed by atoms with Crippen LogP contribution >= 0.6 is 0 Å². The summed E-state index contributed by atoms with van der Waals surface area (Å²) in [6, 6.07) is 5.67. The van der Waals surface area contributed by atoms with Crippen molar-refractivity contribution < 1.29 is 4.39 Å². The lowest BCUT2D eigenvalue weighted by atomic mass is 10.1. The van der Waals surface area contributed by atoms with E-state index in [-0.39, 0.29) is 11.5 Å². The number of nitrogen functional groups attached to an aromatic ring is 1. The van der Waals surface area contributed by atoms with E-state index in [1.165, 1.54) is 0 Å². The van der Waals surface area contributed by atoms with Crippen LogP contribution in [0.3, 0.4) is 0 Å². The lowest BCUT2D eigenvalue weighted by Crippen LogP contribution is -2.32. The van der Waals surface area contributed by atoms with Gasteiger partial charge in [0, 0.05) is 18.2 Å². The maximum atomic E-state index is 13.7. The number of halogens is 1. The molecule has 16 heavy (non-hydrogen) atoms. The third kappa shape index (κ3) is 2.95. The lowest BCUT2D eigenvalue weighted by molar-refractivity contribution is 0.203. The van der Waals surface area contributed by atoms with Gasteiger partial charge in [0.25, 0.3) is 0 Å². The Balaban J connectivity index is 2.82. The molecule has 1 unspecified atom stereocenters. The van der Waals surface area contributed by atoms with Gasteiger partial charge in [-0.2, -0.15) is 0 Å². The predicted molar refractivity (Wildman–Crippen MR) is 66.6 cm³/mol. The molecule has 0 radical (unpaired) electrons. The van der Waals surface area contributed by atoms with Crippen LogP contribution in [0.2, 0.25) is 0 Å². The van der Waals surface area contributed by atoms with E-state index in [1.807, 2.05) is 0 Å². The van der Waals surface area contributed by atoms with Gasteiger partial charge in [-0.15, -0.1) is 0 Å². The summed E-state index contributed by atoms with van der Waals surface area (Å²) in [6.07, 6.45) is 1.07. The van der Waals surface area contributed by atoms with Gasteiger partial charge < -0.3 is 5.73 Å².